The van der Waals surface area contributed by atoms with Crippen molar-refractivity contribution in [2.75, 3.05) is 13.1 Å². The summed E-state index contributed by atoms with van der Waals surface area (Å²) in [7, 11) is 0. The lowest BCUT2D eigenvalue weighted by Gasteiger charge is -2.34. The SMILES string of the molecule is CC(F)(c1ccccc1Cl)C1CCNCC1. The number of alkyl halides is 1. The molecule has 1 N–H and O–H groups in total. The molecule has 88 valence electrons. The first-order valence-corrected chi connectivity index (χ1v) is 6.15. The zero-order chi connectivity index (χ0) is 11.6. The molecule has 0 bridgehead atoms. The molecular formula is C13H17ClFN. The number of nitrogens with one attached hydrogen (secondary N) is 1. The molecule has 16 heavy (non-hydrogen) atoms. The van der Waals surface area contributed by atoms with Crippen LogP contribution in [0.5, 0.6) is 0 Å². The molecule has 1 fully saturated rings. The summed E-state index contributed by atoms with van der Waals surface area (Å²) in [6.07, 6.45) is 1.75. The Labute approximate surface area is 101 Å². The van der Waals surface area contributed by atoms with E-state index in [1.807, 2.05) is 12.1 Å². The molecule has 0 saturated carbocycles. The second kappa shape index (κ2) is 4.72. The molecule has 0 amide bonds. The maximum Gasteiger partial charge on any atom is 0.137 e. The average Bonchev–Trinajstić information content (AvgIpc) is 2.30. The van der Waals surface area contributed by atoms with Crippen molar-refractivity contribution in [1.82, 2.24) is 5.32 Å². The van der Waals surface area contributed by atoms with Gasteiger partial charge >= 0.3 is 0 Å². The molecule has 1 nitrogen and oxygen atoms in total. The molecule has 0 aliphatic carbocycles. The smallest absolute Gasteiger partial charge is 0.137 e. The van der Waals surface area contributed by atoms with Gasteiger partial charge in [-0.15, -0.1) is 0 Å². The predicted octanol–water partition coefficient (Wildman–Crippen LogP) is 3.52. The summed E-state index contributed by atoms with van der Waals surface area (Å²) in [4.78, 5) is 0. The minimum Gasteiger partial charge on any atom is -0.317 e. The van der Waals surface area contributed by atoms with Gasteiger partial charge in [0.15, 0.2) is 0 Å². The fourth-order valence-electron chi connectivity index (χ4n) is 2.44. The van der Waals surface area contributed by atoms with Crippen LogP contribution < -0.4 is 5.32 Å². The van der Waals surface area contributed by atoms with Crippen molar-refractivity contribution in [3.05, 3.63) is 34.9 Å². The molecule has 0 radical (unpaired) electrons. The Bertz CT molecular complexity index is 359. The largest absolute Gasteiger partial charge is 0.317 e. The fourth-order valence-corrected chi connectivity index (χ4v) is 2.76. The third-order valence-electron chi connectivity index (χ3n) is 3.51. The first-order valence-electron chi connectivity index (χ1n) is 5.77. The van der Waals surface area contributed by atoms with Gasteiger partial charge < -0.3 is 5.32 Å². The van der Waals surface area contributed by atoms with Crippen LogP contribution in [0.25, 0.3) is 0 Å². The summed E-state index contributed by atoms with van der Waals surface area (Å²) in [6.45, 7) is 3.45. The van der Waals surface area contributed by atoms with Gasteiger partial charge in [0.1, 0.15) is 5.67 Å². The first-order chi connectivity index (χ1) is 7.62. The Balaban J connectivity index is 2.26. The summed E-state index contributed by atoms with van der Waals surface area (Å²) in [6, 6.07) is 7.24. The standard InChI is InChI=1S/C13H17ClFN/c1-13(15,10-6-8-16-9-7-10)11-4-2-3-5-12(11)14/h2-5,10,16H,6-9H2,1H3. The summed E-state index contributed by atoms with van der Waals surface area (Å²) in [5.41, 5.74) is -0.691. The Morgan fingerprint density at radius 2 is 1.94 bits per heavy atom. The number of hydrogen-bond donors (Lipinski definition) is 1. The Morgan fingerprint density at radius 1 is 1.31 bits per heavy atom. The van der Waals surface area contributed by atoms with E-state index in [1.165, 1.54) is 0 Å². The highest BCUT2D eigenvalue weighted by Crippen LogP contribution is 2.41. The maximum atomic E-state index is 14.9. The van der Waals surface area contributed by atoms with Gasteiger partial charge in [-0.2, -0.15) is 0 Å². The number of halogens is 2. The van der Waals surface area contributed by atoms with Crippen LogP contribution in [0.3, 0.4) is 0 Å². The molecule has 1 atom stereocenters. The number of benzene rings is 1. The molecule has 0 spiro atoms. The van der Waals surface area contributed by atoms with E-state index in [9.17, 15) is 4.39 Å². The number of hydrogen-bond acceptors (Lipinski definition) is 1. The van der Waals surface area contributed by atoms with Crippen molar-refractivity contribution in [3.8, 4) is 0 Å². The molecule has 1 heterocycles. The van der Waals surface area contributed by atoms with Gasteiger partial charge in [0, 0.05) is 10.6 Å². The number of piperidine rings is 1. The lowest BCUT2D eigenvalue weighted by atomic mass is 9.79. The second-order valence-electron chi connectivity index (χ2n) is 4.58. The Morgan fingerprint density at radius 3 is 2.56 bits per heavy atom. The van der Waals surface area contributed by atoms with Gasteiger partial charge in [0.2, 0.25) is 0 Å². The highest BCUT2D eigenvalue weighted by molar-refractivity contribution is 6.31. The van der Waals surface area contributed by atoms with E-state index in [0.29, 0.717) is 10.6 Å². The van der Waals surface area contributed by atoms with Gasteiger partial charge in [0.05, 0.1) is 0 Å². The van der Waals surface area contributed by atoms with Crippen LogP contribution in [-0.4, -0.2) is 13.1 Å². The van der Waals surface area contributed by atoms with Gasteiger partial charge in [-0.3, -0.25) is 0 Å². The third kappa shape index (κ3) is 2.23. The van der Waals surface area contributed by atoms with Crippen molar-refractivity contribution < 1.29 is 4.39 Å². The normalized spacial score (nSPS) is 21.7. The highest BCUT2D eigenvalue weighted by atomic mass is 35.5. The zero-order valence-electron chi connectivity index (χ0n) is 9.47. The van der Waals surface area contributed by atoms with E-state index in [-0.39, 0.29) is 5.92 Å². The van der Waals surface area contributed by atoms with Crippen LogP contribution in [0, 0.1) is 5.92 Å². The lowest BCUT2D eigenvalue weighted by Crippen LogP contribution is -2.37. The summed E-state index contributed by atoms with van der Waals surface area (Å²) in [5.74, 6) is 0.0636. The van der Waals surface area contributed by atoms with E-state index in [4.69, 9.17) is 11.6 Å². The van der Waals surface area contributed by atoms with E-state index in [0.717, 1.165) is 25.9 Å². The highest BCUT2D eigenvalue weighted by Gasteiger charge is 2.37. The van der Waals surface area contributed by atoms with Crippen LogP contribution in [-0.2, 0) is 5.67 Å². The van der Waals surface area contributed by atoms with Gasteiger partial charge in [-0.05, 0) is 44.8 Å². The second-order valence-corrected chi connectivity index (χ2v) is 4.99. The van der Waals surface area contributed by atoms with E-state index in [2.05, 4.69) is 5.32 Å². The van der Waals surface area contributed by atoms with Crippen molar-refractivity contribution in [3.63, 3.8) is 0 Å². The van der Waals surface area contributed by atoms with Crippen LogP contribution in [0.15, 0.2) is 24.3 Å². The molecule has 1 saturated heterocycles. The monoisotopic (exact) mass is 241 g/mol. The minimum atomic E-state index is -1.32. The molecule has 1 unspecified atom stereocenters. The van der Waals surface area contributed by atoms with Crippen molar-refractivity contribution in [1.29, 1.82) is 0 Å². The summed E-state index contributed by atoms with van der Waals surface area (Å²) in [5, 5.41) is 3.79. The molecule has 1 aliphatic heterocycles. The van der Waals surface area contributed by atoms with Gasteiger partial charge in [0.25, 0.3) is 0 Å². The lowest BCUT2D eigenvalue weighted by molar-refractivity contribution is 0.0774. The predicted molar refractivity (Wildman–Crippen MR) is 65.5 cm³/mol. The third-order valence-corrected chi connectivity index (χ3v) is 3.84. The molecule has 3 heteroatoms. The summed E-state index contributed by atoms with van der Waals surface area (Å²) >= 11 is 6.07. The maximum absolute atomic E-state index is 14.9. The van der Waals surface area contributed by atoms with Crippen LogP contribution >= 0.6 is 11.6 Å². The Kier molecular flexibility index (Phi) is 3.50. The average molecular weight is 242 g/mol. The Hall–Kier alpha value is -0.600. The van der Waals surface area contributed by atoms with Crippen molar-refractivity contribution in [2.45, 2.75) is 25.4 Å². The van der Waals surface area contributed by atoms with E-state index >= 15 is 0 Å². The van der Waals surface area contributed by atoms with Crippen molar-refractivity contribution in [2.24, 2.45) is 5.92 Å². The molecule has 2 rings (SSSR count). The van der Waals surface area contributed by atoms with Gasteiger partial charge in [-0.25, -0.2) is 4.39 Å². The van der Waals surface area contributed by atoms with Crippen LogP contribution in [0.2, 0.25) is 5.02 Å². The zero-order valence-corrected chi connectivity index (χ0v) is 10.2. The molecule has 1 aromatic carbocycles. The molecular weight excluding hydrogens is 225 g/mol. The van der Waals surface area contributed by atoms with E-state index in [1.54, 1.807) is 19.1 Å². The van der Waals surface area contributed by atoms with Crippen molar-refractivity contribution >= 4 is 11.6 Å². The number of rotatable bonds is 2. The summed E-state index contributed by atoms with van der Waals surface area (Å²) < 4.78 is 14.9. The van der Waals surface area contributed by atoms with Crippen LogP contribution in [0.4, 0.5) is 4.39 Å². The van der Waals surface area contributed by atoms with Crippen LogP contribution in [0.1, 0.15) is 25.3 Å². The molecule has 1 aromatic rings. The van der Waals surface area contributed by atoms with E-state index < -0.39 is 5.67 Å². The minimum absolute atomic E-state index is 0.0636. The van der Waals surface area contributed by atoms with Gasteiger partial charge in [-0.1, -0.05) is 29.8 Å². The quantitative estimate of drug-likeness (QED) is 0.836. The first kappa shape index (κ1) is 11.9. The topological polar surface area (TPSA) is 12.0 Å². The molecule has 0 aromatic heterocycles. The fraction of sp³-hybridized carbons (Fsp3) is 0.538. The molecule has 1 aliphatic rings.